The first-order valence-corrected chi connectivity index (χ1v) is 11.7. The summed E-state index contributed by atoms with van der Waals surface area (Å²) in [5.74, 6) is -0.148. The molecule has 34 heavy (non-hydrogen) atoms. The molecule has 1 N–H and O–H groups in total. The fourth-order valence-electron chi connectivity index (χ4n) is 2.93. The van der Waals surface area contributed by atoms with Gasteiger partial charge in [0.05, 0.1) is 19.6 Å². The fraction of sp³-hybridized carbons (Fsp3) is 0.0833. The van der Waals surface area contributed by atoms with Crippen molar-refractivity contribution in [2.75, 3.05) is 5.32 Å². The number of carbonyl (C=O) groups is 1. The van der Waals surface area contributed by atoms with Crippen LogP contribution in [0.3, 0.4) is 0 Å². The molecule has 1 amide bonds. The zero-order valence-electron chi connectivity index (χ0n) is 17.6. The maximum Gasteiger partial charge on any atom is 0.271 e. The van der Waals surface area contributed by atoms with Gasteiger partial charge in [-0.3, -0.25) is 14.9 Å². The number of amides is 1. The number of halogens is 3. The largest absolute Gasteiger partial charge is 0.486 e. The summed E-state index contributed by atoms with van der Waals surface area (Å²) in [6.45, 7) is 1.95. The molecular formula is C24H16Br2ClN3O4. The van der Waals surface area contributed by atoms with Crippen molar-refractivity contribution < 1.29 is 14.5 Å². The van der Waals surface area contributed by atoms with E-state index in [1.54, 1.807) is 25.1 Å². The van der Waals surface area contributed by atoms with Crippen LogP contribution in [-0.2, 0) is 11.4 Å². The van der Waals surface area contributed by atoms with Crippen LogP contribution in [0.4, 0.5) is 11.4 Å². The number of nitriles is 1. The minimum Gasteiger partial charge on any atom is -0.486 e. The number of ether oxygens (including phenoxy) is 1. The van der Waals surface area contributed by atoms with Gasteiger partial charge in [-0.2, -0.15) is 5.26 Å². The minimum absolute atomic E-state index is 0.163. The highest BCUT2D eigenvalue weighted by atomic mass is 79.9. The van der Waals surface area contributed by atoms with Crippen LogP contribution in [0.1, 0.15) is 16.7 Å². The number of hydrogen-bond donors (Lipinski definition) is 1. The van der Waals surface area contributed by atoms with Gasteiger partial charge in [-0.15, -0.1) is 0 Å². The lowest BCUT2D eigenvalue weighted by molar-refractivity contribution is -0.384. The van der Waals surface area contributed by atoms with E-state index in [2.05, 4.69) is 37.2 Å². The van der Waals surface area contributed by atoms with Crippen molar-refractivity contribution in [1.82, 2.24) is 0 Å². The van der Waals surface area contributed by atoms with Crippen LogP contribution < -0.4 is 10.1 Å². The highest BCUT2D eigenvalue weighted by Crippen LogP contribution is 2.36. The van der Waals surface area contributed by atoms with Gasteiger partial charge in [-0.1, -0.05) is 35.9 Å². The number of nitro groups is 1. The predicted molar refractivity (Wildman–Crippen MR) is 138 cm³/mol. The number of rotatable bonds is 7. The number of benzene rings is 3. The molecule has 0 spiro atoms. The van der Waals surface area contributed by atoms with Crippen molar-refractivity contribution in [3.05, 3.63) is 101 Å². The lowest BCUT2D eigenvalue weighted by Gasteiger charge is -2.12. The molecule has 0 bridgehead atoms. The Bertz CT molecular complexity index is 1330. The Balaban J connectivity index is 1.81. The van der Waals surface area contributed by atoms with Crippen molar-refractivity contribution in [2.45, 2.75) is 13.5 Å². The molecule has 10 heteroatoms. The van der Waals surface area contributed by atoms with E-state index in [0.717, 1.165) is 5.56 Å². The molecule has 3 aromatic carbocycles. The van der Waals surface area contributed by atoms with E-state index in [0.29, 0.717) is 30.8 Å². The third kappa shape index (κ3) is 6.23. The molecule has 0 aliphatic rings. The van der Waals surface area contributed by atoms with Gasteiger partial charge in [0.1, 0.15) is 24.0 Å². The number of nitrogens with zero attached hydrogens (tertiary/aromatic N) is 2. The summed E-state index contributed by atoms with van der Waals surface area (Å²) >= 11 is 13.1. The Hall–Kier alpha value is -3.19. The van der Waals surface area contributed by atoms with Crippen LogP contribution in [0.5, 0.6) is 5.75 Å². The second-order valence-electron chi connectivity index (χ2n) is 7.07. The number of anilines is 1. The second-order valence-corrected chi connectivity index (χ2v) is 9.19. The number of aryl methyl sites for hydroxylation is 1. The average molecular weight is 606 g/mol. The number of nitro benzene ring substituents is 1. The summed E-state index contributed by atoms with van der Waals surface area (Å²) in [6, 6.07) is 16.7. The zero-order chi connectivity index (χ0) is 24.8. The van der Waals surface area contributed by atoms with Crippen LogP contribution in [0.15, 0.2) is 69.1 Å². The maximum absolute atomic E-state index is 12.7. The molecule has 3 rings (SSSR count). The standard InChI is InChI=1S/C24H16Br2ClN3O4/c1-14-6-7-18(30(32)33)11-22(14)29-24(31)17(12-28)8-15-9-19(25)23(20(26)10-15)34-13-16-4-2-3-5-21(16)27/h2-11H,13H2,1H3,(H,29,31)/b17-8+. The van der Waals surface area contributed by atoms with Gasteiger partial charge < -0.3 is 10.1 Å². The van der Waals surface area contributed by atoms with E-state index in [1.807, 2.05) is 24.3 Å². The molecule has 0 aliphatic heterocycles. The van der Waals surface area contributed by atoms with E-state index in [1.165, 1.54) is 24.3 Å². The van der Waals surface area contributed by atoms with E-state index in [-0.39, 0.29) is 23.6 Å². The van der Waals surface area contributed by atoms with Crippen molar-refractivity contribution in [3.8, 4) is 11.8 Å². The Labute approximate surface area is 217 Å². The van der Waals surface area contributed by atoms with Crippen LogP contribution >= 0.6 is 43.5 Å². The van der Waals surface area contributed by atoms with Crippen LogP contribution in [0.25, 0.3) is 6.08 Å². The Morgan fingerprint density at radius 1 is 1.21 bits per heavy atom. The lowest BCUT2D eigenvalue weighted by atomic mass is 10.1. The predicted octanol–water partition coefficient (Wildman–Crippen LogP) is 7.21. The molecule has 0 aromatic heterocycles. The minimum atomic E-state index is -0.683. The summed E-state index contributed by atoms with van der Waals surface area (Å²) in [6.07, 6.45) is 1.41. The van der Waals surface area contributed by atoms with Crippen molar-refractivity contribution in [1.29, 1.82) is 5.26 Å². The molecule has 0 heterocycles. The summed E-state index contributed by atoms with van der Waals surface area (Å²) in [5.41, 5.74) is 1.93. The van der Waals surface area contributed by atoms with E-state index < -0.39 is 10.8 Å². The first-order valence-electron chi connectivity index (χ1n) is 9.73. The molecule has 0 radical (unpaired) electrons. The number of nitrogens with one attached hydrogen (secondary N) is 1. The number of hydrogen-bond acceptors (Lipinski definition) is 5. The summed E-state index contributed by atoms with van der Waals surface area (Å²) < 4.78 is 7.10. The van der Waals surface area contributed by atoms with Crippen LogP contribution in [-0.4, -0.2) is 10.8 Å². The van der Waals surface area contributed by atoms with Gasteiger partial charge in [0.2, 0.25) is 0 Å². The lowest BCUT2D eigenvalue weighted by Crippen LogP contribution is -2.14. The molecule has 0 saturated carbocycles. The zero-order valence-corrected chi connectivity index (χ0v) is 21.6. The maximum atomic E-state index is 12.7. The van der Waals surface area contributed by atoms with Crippen molar-refractivity contribution >= 4 is 66.8 Å². The summed E-state index contributed by atoms with van der Waals surface area (Å²) in [7, 11) is 0. The molecule has 0 fully saturated rings. The molecule has 7 nitrogen and oxygen atoms in total. The smallest absolute Gasteiger partial charge is 0.271 e. The first kappa shape index (κ1) is 25.4. The average Bonchev–Trinajstić information content (AvgIpc) is 2.79. The van der Waals surface area contributed by atoms with Gasteiger partial charge in [-0.25, -0.2) is 0 Å². The van der Waals surface area contributed by atoms with E-state index in [4.69, 9.17) is 16.3 Å². The Morgan fingerprint density at radius 2 is 1.88 bits per heavy atom. The van der Waals surface area contributed by atoms with E-state index in [9.17, 15) is 20.2 Å². The summed E-state index contributed by atoms with van der Waals surface area (Å²) in [5, 5.41) is 23.7. The third-order valence-corrected chi connectivity index (χ3v) is 6.25. The topological polar surface area (TPSA) is 105 Å². The van der Waals surface area contributed by atoms with Gasteiger partial charge in [0.15, 0.2) is 0 Å². The van der Waals surface area contributed by atoms with Gasteiger partial charge in [0, 0.05) is 22.7 Å². The Morgan fingerprint density at radius 3 is 2.50 bits per heavy atom. The van der Waals surface area contributed by atoms with Gasteiger partial charge in [-0.05, 0) is 74.2 Å². The normalized spacial score (nSPS) is 11.0. The highest BCUT2D eigenvalue weighted by molar-refractivity contribution is 9.11. The van der Waals surface area contributed by atoms with Crippen molar-refractivity contribution in [3.63, 3.8) is 0 Å². The van der Waals surface area contributed by atoms with Gasteiger partial charge in [0.25, 0.3) is 11.6 Å². The number of non-ortho nitro benzene ring substituents is 1. The van der Waals surface area contributed by atoms with Crippen molar-refractivity contribution in [2.24, 2.45) is 0 Å². The molecule has 0 saturated heterocycles. The second kappa shape index (κ2) is 11.3. The molecule has 0 unspecified atom stereocenters. The molecular weight excluding hydrogens is 590 g/mol. The quantitative estimate of drug-likeness (QED) is 0.133. The molecule has 3 aromatic rings. The summed E-state index contributed by atoms with van der Waals surface area (Å²) in [4.78, 5) is 23.1. The van der Waals surface area contributed by atoms with Crippen LogP contribution in [0.2, 0.25) is 5.02 Å². The van der Waals surface area contributed by atoms with Gasteiger partial charge >= 0.3 is 0 Å². The molecule has 0 atom stereocenters. The van der Waals surface area contributed by atoms with Crippen LogP contribution in [0, 0.1) is 28.4 Å². The Kier molecular flexibility index (Phi) is 8.45. The SMILES string of the molecule is Cc1ccc([N+](=O)[O-])cc1NC(=O)/C(C#N)=C/c1cc(Br)c(OCc2ccccc2Cl)c(Br)c1. The highest BCUT2D eigenvalue weighted by Gasteiger charge is 2.16. The molecule has 0 aliphatic carbocycles. The third-order valence-electron chi connectivity index (χ3n) is 4.71. The molecule has 172 valence electrons. The van der Waals surface area contributed by atoms with E-state index >= 15 is 0 Å². The monoisotopic (exact) mass is 603 g/mol. The fourth-order valence-corrected chi connectivity index (χ4v) is 4.57. The first-order chi connectivity index (χ1) is 16.2. The number of carbonyl (C=O) groups excluding carboxylic acids is 1.